The van der Waals surface area contributed by atoms with Gasteiger partial charge in [0.1, 0.15) is 18.0 Å². The third kappa shape index (κ3) is 3.66. The molecule has 5 heterocycles. The monoisotopic (exact) mass is 456 g/mol. The third-order valence-corrected chi connectivity index (χ3v) is 6.87. The molecule has 0 spiro atoms. The quantitative estimate of drug-likeness (QED) is 0.420. The Balaban J connectivity index is 1.38. The highest BCUT2D eigenvalue weighted by Crippen LogP contribution is 2.35. The number of imidazole rings is 1. The highest BCUT2D eigenvalue weighted by molar-refractivity contribution is 5.82. The van der Waals surface area contributed by atoms with Crippen molar-refractivity contribution >= 4 is 28.4 Å². The first kappa shape index (κ1) is 21.0. The van der Waals surface area contributed by atoms with Crippen LogP contribution in [0, 0.1) is 6.92 Å². The van der Waals surface area contributed by atoms with Crippen molar-refractivity contribution in [2.24, 2.45) is 0 Å². The normalized spacial score (nSPS) is 20.6. The lowest BCUT2D eigenvalue weighted by Crippen LogP contribution is -2.35. The fourth-order valence-electron chi connectivity index (χ4n) is 5.15. The lowest BCUT2D eigenvalue weighted by Gasteiger charge is -2.28. The first-order chi connectivity index (χ1) is 16.6. The van der Waals surface area contributed by atoms with Crippen LogP contribution in [0.1, 0.15) is 37.1 Å². The summed E-state index contributed by atoms with van der Waals surface area (Å²) in [5, 5.41) is 25.7. The van der Waals surface area contributed by atoms with E-state index in [1.807, 2.05) is 54.0 Å². The standard InChI is InChI=1S/C25H28N8O/c1-15-3-7-23(31-30-15)28-17-4-6-19-22(13-17)33(14-27-19)24-8-5-18(16(2)34)25(29-24)32-12-10-20-21(32)9-11-26-20/h3-8,13-14,16,20-21,26,34H,9-12H2,1-2H3,(H,28,31)/t16?,20-,21+/m1/s1. The molecule has 4 aromatic rings. The largest absolute Gasteiger partial charge is 0.389 e. The average Bonchev–Trinajstić information content (AvgIpc) is 3.56. The van der Waals surface area contributed by atoms with Crippen LogP contribution in [-0.4, -0.2) is 55.0 Å². The lowest BCUT2D eigenvalue weighted by molar-refractivity contribution is 0.199. The molecule has 6 rings (SSSR count). The van der Waals surface area contributed by atoms with Crippen molar-refractivity contribution in [1.29, 1.82) is 0 Å². The van der Waals surface area contributed by atoms with E-state index in [9.17, 15) is 5.11 Å². The number of nitrogens with one attached hydrogen (secondary N) is 2. The zero-order valence-electron chi connectivity index (χ0n) is 19.3. The number of rotatable bonds is 5. The van der Waals surface area contributed by atoms with Gasteiger partial charge in [-0.05, 0) is 75.7 Å². The summed E-state index contributed by atoms with van der Waals surface area (Å²) in [5.41, 5.74) is 4.45. The molecule has 2 aliphatic heterocycles. The van der Waals surface area contributed by atoms with Crippen LogP contribution >= 0.6 is 0 Å². The minimum Gasteiger partial charge on any atom is -0.389 e. The van der Waals surface area contributed by atoms with Gasteiger partial charge in [-0.25, -0.2) is 9.97 Å². The number of benzene rings is 1. The van der Waals surface area contributed by atoms with Gasteiger partial charge in [-0.2, -0.15) is 5.10 Å². The number of hydrogen-bond acceptors (Lipinski definition) is 8. The summed E-state index contributed by atoms with van der Waals surface area (Å²) in [5.74, 6) is 2.34. The summed E-state index contributed by atoms with van der Waals surface area (Å²) in [7, 11) is 0. The predicted molar refractivity (Wildman–Crippen MR) is 132 cm³/mol. The van der Waals surface area contributed by atoms with E-state index in [0.717, 1.165) is 65.5 Å². The molecule has 9 nitrogen and oxygen atoms in total. The van der Waals surface area contributed by atoms with E-state index in [0.29, 0.717) is 17.9 Å². The Morgan fingerprint density at radius 2 is 2.03 bits per heavy atom. The van der Waals surface area contributed by atoms with Crippen molar-refractivity contribution in [1.82, 2.24) is 30.0 Å². The average molecular weight is 457 g/mol. The summed E-state index contributed by atoms with van der Waals surface area (Å²) >= 11 is 0. The minimum absolute atomic E-state index is 0.422. The number of pyridine rings is 1. The van der Waals surface area contributed by atoms with E-state index in [-0.39, 0.29) is 0 Å². The van der Waals surface area contributed by atoms with Gasteiger partial charge in [0.05, 0.1) is 22.8 Å². The maximum absolute atomic E-state index is 10.5. The number of aryl methyl sites for hydroxylation is 1. The van der Waals surface area contributed by atoms with Crippen molar-refractivity contribution in [3.05, 3.63) is 60.0 Å². The summed E-state index contributed by atoms with van der Waals surface area (Å²) < 4.78 is 2.00. The van der Waals surface area contributed by atoms with Gasteiger partial charge in [0.15, 0.2) is 5.82 Å². The third-order valence-electron chi connectivity index (χ3n) is 6.87. The number of aliphatic hydroxyl groups is 1. The molecule has 1 unspecified atom stereocenters. The Kier molecular flexibility index (Phi) is 5.15. The molecule has 0 amide bonds. The van der Waals surface area contributed by atoms with Crippen LogP contribution in [0.2, 0.25) is 0 Å². The van der Waals surface area contributed by atoms with E-state index in [4.69, 9.17) is 4.98 Å². The summed E-state index contributed by atoms with van der Waals surface area (Å²) in [4.78, 5) is 12.0. The topological polar surface area (TPSA) is 104 Å². The van der Waals surface area contributed by atoms with Gasteiger partial charge in [-0.15, -0.1) is 5.10 Å². The molecule has 9 heteroatoms. The molecule has 0 saturated carbocycles. The Bertz CT molecular complexity index is 1330. The molecule has 2 saturated heterocycles. The minimum atomic E-state index is -0.587. The van der Waals surface area contributed by atoms with E-state index in [1.165, 1.54) is 0 Å². The fourth-order valence-corrected chi connectivity index (χ4v) is 5.15. The van der Waals surface area contributed by atoms with Crippen LogP contribution in [0.15, 0.2) is 48.8 Å². The van der Waals surface area contributed by atoms with Crippen molar-refractivity contribution < 1.29 is 5.11 Å². The number of anilines is 3. The Morgan fingerprint density at radius 3 is 2.85 bits per heavy atom. The van der Waals surface area contributed by atoms with Gasteiger partial charge in [0.25, 0.3) is 0 Å². The highest BCUT2D eigenvalue weighted by atomic mass is 16.3. The number of aromatic nitrogens is 5. The number of nitrogens with zero attached hydrogens (tertiary/aromatic N) is 6. The Hall–Kier alpha value is -3.56. The van der Waals surface area contributed by atoms with E-state index >= 15 is 0 Å². The van der Waals surface area contributed by atoms with Crippen LogP contribution in [0.4, 0.5) is 17.3 Å². The van der Waals surface area contributed by atoms with E-state index in [2.05, 4.69) is 30.7 Å². The van der Waals surface area contributed by atoms with Gasteiger partial charge in [-0.1, -0.05) is 0 Å². The predicted octanol–water partition coefficient (Wildman–Crippen LogP) is 3.26. The van der Waals surface area contributed by atoms with Crippen LogP contribution in [0.25, 0.3) is 16.9 Å². The lowest BCUT2D eigenvalue weighted by atomic mass is 10.1. The highest BCUT2D eigenvalue weighted by Gasteiger charge is 2.39. The molecular formula is C25H28N8O. The second kappa shape index (κ2) is 8.34. The summed E-state index contributed by atoms with van der Waals surface area (Å²) in [6.45, 7) is 5.69. The Labute approximate surface area is 197 Å². The molecule has 174 valence electrons. The molecule has 3 atom stereocenters. The van der Waals surface area contributed by atoms with Crippen molar-refractivity contribution in [3.63, 3.8) is 0 Å². The molecule has 1 aromatic carbocycles. The summed E-state index contributed by atoms with van der Waals surface area (Å²) in [6, 6.07) is 14.7. The first-order valence-electron chi connectivity index (χ1n) is 11.8. The second-order valence-corrected chi connectivity index (χ2v) is 9.16. The molecular weight excluding hydrogens is 428 g/mol. The van der Waals surface area contributed by atoms with Gasteiger partial charge < -0.3 is 20.6 Å². The van der Waals surface area contributed by atoms with Crippen molar-refractivity contribution in [3.8, 4) is 5.82 Å². The zero-order chi connectivity index (χ0) is 23.2. The summed E-state index contributed by atoms with van der Waals surface area (Å²) in [6.07, 6.45) is 3.41. The molecule has 3 N–H and O–H groups in total. The number of fused-ring (bicyclic) bond motifs is 2. The van der Waals surface area contributed by atoms with Crippen LogP contribution in [-0.2, 0) is 0 Å². The molecule has 0 radical (unpaired) electrons. The van der Waals surface area contributed by atoms with E-state index in [1.54, 1.807) is 13.3 Å². The van der Waals surface area contributed by atoms with Crippen molar-refractivity contribution in [2.75, 3.05) is 23.3 Å². The number of aliphatic hydroxyl groups excluding tert-OH is 1. The SMILES string of the molecule is Cc1ccc(Nc2ccc3ncn(-c4ccc(C(C)O)c(N5CC[C@H]6NCC[C@@H]65)n4)c3c2)nn1. The maximum Gasteiger partial charge on any atom is 0.153 e. The molecule has 3 aromatic heterocycles. The van der Waals surface area contributed by atoms with Gasteiger partial charge in [-0.3, -0.25) is 4.57 Å². The molecule has 2 aliphatic rings. The number of hydrogen-bond donors (Lipinski definition) is 3. The Morgan fingerprint density at radius 1 is 1.12 bits per heavy atom. The van der Waals surface area contributed by atoms with Crippen LogP contribution in [0.3, 0.4) is 0 Å². The first-order valence-corrected chi connectivity index (χ1v) is 11.8. The molecule has 0 bridgehead atoms. The molecule has 0 aliphatic carbocycles. The van der Waals surface area contributed by atoms with Crippen LogP contribution in [0.5, 0.6) is 0 Å². The smallest absolute Gasteiger partial charge is 0.153 e. The molecule has 2 fully saturated rings. The molecule has 34 heavy (non-hydrogen) atoms. The van der Waals surface area contributed by atoms with Gasteiger partial charge in [0, 0.05) is 29.9 Å². The van der Waals surface area contributed by atoms with Crippen LogP contribution < -0.4 is 15.5 Å². The zero-order valence-corrected chi connectivity index (χ0v) is 19.3. The fraction of sp³-hybridized carbons (Fsp3) is 0.360. The van der Waals surface area contributed by atoms with E-state index < -0.39 is 6.10 Å². The maximum atomic E-state index is 10.5. The second-order valence-electron chi connectivity index (χ2n) is 9.16. The van der Waals surface area contributed by atoms with Gasteiger partial charge >= 0.3 is 0 Å². The van der Waals surface area contributed by atoms with Gasteiger partial charge in [0.2, 0.25) is 0 Å². The van der Waals surface area contributed by atoms with Crippen molar-refractivity contribution in [2.45, 2.75) is 44.9 Å².